The second kappa shape index (κ2) is 9.45. The molecule has 0 radical (unpaired) electrons. The largest absolute Gasteiger partial charge is 0.390 e. The molecule has 3 aliphatic heterocycles. The van der Waals surface area contributed by atoms with Gasteiger partial charge in [-0.05, 0) is 50.2 Å². The number of rotatable bonds is 5. The number of piperidine rings is 1. The second-order valence-corrected chi connectivity index (χ2v) is 8.96. The average Bonchev–Trinajstić information content (AvgIpc) is 2.85. The Morgan fingerprint density at radius 3 is 2.54 bits per heavy atom. The van der Waals surface area contributed by atoms with Crippen LogP contribution in [0.2, 0.25) is 0 Å². The molecule has 1 fully saturated rings. The zero-order chi connectivity index (χ0) is 19.2. The fourth-order valence-corrected chi connectivity index (χ4v) is 4.51. The number of fused-ring (bicyclic) bond motifs is 4. The number of hydrogen-bond donors (Lipinski definition) is 2. The van der Waals surface area contributed by atoms with Crippen molar-refractivity contribution in [1.82, 2.24) is 5.32 Å². The van der Waals surface area contributed by atoms with E-state index in [1.165, 1.54) is 24.3 Å². The summed E-state index contributed by atoms with van der Waals surface area (Å²) in [7, 11) is -0.752. The van der Waals surface area contributed by atoms with Crippen molar-refractivity contribution < 1.29 is 23.8 Å². The molecule has 0 amide bonds. The van der Waals surface area contributed by atoms with Crippen LogP contribution in [0.4, 0.5) is 0 Å². The second-order valence-electron chi connectivity index (χ2n) is 6.18. The number of ether oxygens (including phenoxy) is 1. The van der Waals surface area contributed by atoms with E-state index in [4.69, 9.17) is 0 Å². The molecule has 2 bridgehead atoms. The van der Waals surface area contributed by atoms with Crippen LogP contribution in [0, 0.1) is 10.1 Å². The van der Waals surface area contributed by atoms with E-state index in [0.29, 0.717) is 22.0 Å². The molecule has 26 heavy (non-hydrogen) atoms. The Morgan fingerprint density at radius 1 is 1.38 bits per heavy atom. The first kappa shape index (κ1) is 20.8. The Bertz CT molecular complexity index is 661. The highest BCUT2D eigenvalue weighted by atomic mass is 32.2. The summed E-state index contributed by atoms with van der Waals surface area (Å²) < 4.78 is 15.4. The van der Waals surface area contributed by atoms with E-state index >= 15 is 0 Å². The van der Waals surface area contributed by atoms with Gasteiger partial charge in [-0.2, -0.15) is 0 Å². The first-order chi connectivity index (χ1) is 12.3. The number of carbonyl (C=O) groups is 1. The molecule has 0 aliphatic carbocycles. The lowest BCUT2D eigenvalue weighted by molar-refractivity contribution is -0.574. The van der Waals surface area contributed by atoms with Crippen molar-refractivity contribution in [3.8, 4) is 0 Å². The van der Waals surface area contributed by atoms with Crippen LogP contribution in [0.15, 0.2) is 24.3 Å². The van der Waals surface area contributed by atoms with E-state index in [1.54, 1.807) is 18.0 Å². The van der Waals surface area contributed by atoms with E-state index < -0.39 is 33.5 Å². The number of benzene rings is 1. The maximum absolute atomic E-state index is 11.1. The van der Waals surface area contributed by atoms with Crippen molar-refractivity contribution >= 4 is 28.5 Å². The third-order valence-electron chi connectivity index (χ3n) is 4.00. The quantitative estimate of drug-likeness (QED) is 0.430. The van der Waals surface area contributed by atoms with Gasteiger partial charge in [0.05, 0.1) is 26.7 Å². The number of nitrogens with one attached hydrogen (secondary N) is 1. The van der Waals surface area contributed by atoms with Crippen LogP contribution in [0.25, 0.3) is 0 Å². The topological polar surface area (TPSA) is 119 Å². The van der Waals surface area contributed by atoms with E-state index in [0.717, 1.165) is 25.9 Å². The van der Waals surface area contributed by atoms with Gasteiger partial charge >= 0.3 is 12.2 Å². The predicted octanol–water partition coefficient (Wildman–Crippen LogP) is 1.30. The van der Waals surface area contributed by atoms with Gasteiger partial charge in [0.25, 0.3) is 0 Å². The van der Waals surface area contributed by atoms with Crippen LogP contribution in [0.5, 0.6) is 0 Å². The molecule has 0 aromatic heterocycles. The van der Waals surface area contributed by atoms with Crippen molar-refractivity contribution in [3.05, 3.63) is 45.5 Å². The highest BCUT2D eigenvalue weighted by molar-refractivity contribution is 8.10. The van der Waals surface area contributed by atoms with E-state index in [2.05, 4.69) is 10.1 Å². The molecule has 2 unspecified atom stereocenters. The number of esters is 1. The Balaban J connectivity index is 0.000000187. The fourth-order valence-electron chi connectivity index (χ4n) is 2.57. The smallest absolute Gasteiger partial charge is 0.383 e. The fraction of sp³-hybridized carbons (Fsp3) is 0.562. The van der Waals surface area contributed by atoms with E-state index in [9.17, 15) is 24.2 Å². The lowest BCUT2D eigenvalue weighted by Gasteiger charge is -2.32. The van der Waals surface area contributed by atoms with Crippen LogP contribution >= 0.6 is 11.8 Å². The van der Waals surface area contributed by atoms with Crippen LogP contribution in [-0.2, 0) is 15.5 Å². The van der Waals surface area contributed by atoms with Crippen LogP contribution in [0.3, 0.4) is 0 Å². The highest BCUT2D eigenvalue weighted by Crippen LogP contribution is 2.24. The monoisotopic (exact) mass is 402 g/mol. The number of thioether (sulfide) groups is 1. The van der Waals surface area contributed by atoms with Gasteiger partial charge in [-0.25, -0.2) is 4.79 Å². The minimum absolute atomic E-state index is 0.341. The Hall–Kier alpha value is -1.49. The van der Waals surface area contributed by atoms with Gasteiger partial charge in [0.1, 0.15) is 0 Å². The molecule has 8 nitrogen and oxygen atoms in total. The van der Waals surface area contributed by atoms with Gasteiger partial charge in [-0.3, -0.25) is 14.3 Å². The van der Waals surface area contributed by atoms with Gasteiger partial charge in [0, 0.05) is 22.8 Å². The maximum atomic E-state index is 11.1. The van der Waals surface area contributed by atoms with Crippen molar-refractivity contribution in [2.45, 2.75) is 24.7 Å². The Morgan fingerprint density at radius 2 is 2.00 bits per heavy atom. The molecule has 1 saturated heterocycles. The summed E-state index contributed by atoms with van der Waals surface area (Å²) in [4.78, 5) is 20.9. The van der Waals surface area contributed by atoms with Gasteiger partial charge < -0.3 is 15.2 Å². The third-order valence-corrected chi connectivity index (χ3v) is 6.73. The SMILES string of the molecule is CS(=O)CSCC1(O)CCNCC1.O=C1OC([N+](=O)[O-])c2ccc1cc2. The minimum atomic E-state index is -1.36. The van der Waals surface area contributed by atoms with Gasteiger partial charge in [-0.15, -0.1) is 11.8 Å². The molecule has 0 spiro atoms. The molecule has 0 saturated carbocycles. The molecule has 1 aromatic carbocycles. The standard InChI is InChI=1S/C8H5NO4.C8H17NO2S2/c10-8-6-3-1-5(2-4-6)7(13-8)9(11)12;1-13(11)7-12-6-8(10)2-4-9-5-3-8/h1-4,7H;9-10H,2-7H2,1H3. The molecule has 3 heterocycles. The van der Waals surface area contributed by atoms with Crippen molar-refractivity contribution in [2.24, 2.45) is 0 Å². The summed E-state index contributed by atoms with van der Waals surface area (Å²) in [5.74, 6) is 0.0653. The van der Waals surface area contributed by atoms with E-state index in [1.807, 2.05) is 0 Å². The summed E-state index contributed by atoms with van der Waals surface area (Å²) in [6.45, 7) is 1.79. The molecule has 2 N–H and O–H groups in total. The van der Waals surface area contributed by atoms with Crippen molar-refractivity contribution in [3.63, 3.8) is 0 Å². The molecular weight excluding hydrogens is 380 g/mol. The third kappa shape index (κ3) is 6.04. The molecule has 3 aliphatic rings. The molecule has 4 rings (SSSR count). The summed E-state index contributed by atoms with van der Waals surface area (Å²) >= 11 is 1.59. The summed E-state index contributed by atoms with van der Waals surface area (Å²) in [5, 5.41) is 24.3. The number of nitrogens with zero attached hydrogens (tertiary/aromatic N) is 1. The normalized spacial score (nSPS) is 21.8. The average molecular weight is 402 g/mol. The van der Waals surface area contributed by atoms with Crippen molar-refractivity contribution in [2.75, 3.05) is 30.2 Å². The first-order valence-electron chi connectivity index (χ1n) is 8.06. The van der Waals surface area contributed by atoms with Gasteiger partial charge in [-0.1, -0.05) is 0 Å². The zero-order valence-corrected chi connectivity index (χ0v) is 16.0. The highest BCUT2D eigenvalue weighted by Gasteiger charge is 2.31. The molecule has 10 heteroatoms. The van der Waals surface area contributed by atoms with Crippen LogP contribution in [-0.4, -0.2) is 56.0 Å². The number of nitro groups is 1. The van der Waals surface area contributed by atoms with Crippen LogP contribution in [0.1, 0.15) is 35.0 Å². The van der Waals surface area contributed by atoms with Crippen LogP contribution < -0.4 is 5.32 Å². The number of hydrogen-bond acceptors (Lipinski definition) is 8. The summed E-state index contributed by atoms with van der Waals surface area (Å²) in [5.41, 5.74) is 0.211. The predicted molar refractivity (Wildman–Crippen MR) is 100 cm³/mol. The molecule has 2 atom stereocenters. The molecule has 144 valence electrons. The van der Waals surface area contributed by atoms with E-state index in [-0.39, 0.29) is 0 Å². The maximum Gasteiger partial charge on any atom is 0.383 e. The Kier molecular flexibility index (Phi) is 7.56. The van der Waals surface area contributed by atoms with Gasteiger partial charge in [0.2, 0.25) is 0 Å². The number of aliphatic hydroxyl groups is 1. The first-order valence-corrected chi connectivity index (χ1v) is 10.9. The molecular formula is C16H22N2O6S2. The zero-order valence-electron chi connectivity index (χ0n) is 14.4. The Labute approximate surface area is 158 Å². The number of carbonyl (C=O) groups excluding carboxylic acids is 1. The van der Waals surface area contributed by atoms with Gasteiger partial charge in [0.15, 0.2) is 0 Å². The minimum Gasteiger partial charge on any atom is -0.390 e. The lowest BCUT2D eigenvalue weighted by Crippen LogP contribution is -2.43. The lowest BCUT2D eigenvalue weighted by atomic mass is 9.95. The summed E-state index contributed by atoms with van der Waals surface area (Å²) in [6.07, 6.45) is 1.96. The van der Waals surface area contributed by atoms with Crippen molar-refractivity contribution in [1.29, 1.82) is 0 Å². The summed E-state index contributed by atoms with van der Waals surface area (Å²) in [6, 6.07) is 6.07. The molecule has 1 aromatic rings.